The van der Waals surface area contributed by atoms with Gasteiger partial charge in [-0.3, -0.25) is 4.90 Å². The van der Waals surface area contributed by atoms with Crippen molar-refractivity contribution in [2.24, 2.45) is 0 Å². The highest BCUT2D eigenvalue weighted by Crippen LogP contribution is 2.37. The van der Waals surface area contributed by atoms with Crippen LogP contribution in [0.3, 0.4) is 0 Å². The number of halogens is 1. The monoisotopic (exact) mass is 490 g/mol. The van der Waals surface area contributed by atoms with Crippen LogP contribution < -0.4 is 15.5 Å². The number of cyclic esters (lactones) is 1. The Hall–Kier alpha value is -4.29. The highest BCUT2D eigenvalue weighted by Gasteiger charge is 2.38. The van der Waals surface area contributed by atoms with Crippen molar-refractivity contribution < 1.29 is 9.53 Å². The average Bonchev–Trinajstić information content (AvgIpc) is 3.47. The lowest BCUT2D eigenvalue weighted by molar-refractivity contribution is 0.157. The number of piperazine rings is 1. The van der Waals surface area contributed by atoms with Crippen molar-refractivity contribution in [2.45, 2.75) is 24.9 Å². The number of fused-ring (bicyclic) bond motifs is 2. The molecule has 1 aromatic carbocycles. The van der Waals surface area contributed by atoms with Crippen LogP contribution in [0.15, 0.2) is 18.3 Å². The molecule has 2 saturated heterocycles. The maximum atomic E-state index is 11.9. The number of nitrogens with zero attached hydrogens (tertiary/aromatic N) is 8. The molecule has 1 aliphatic carbocycles. The minimum absolute atomic E-state index is 0.0671. The van der Waals surface area contributed by atoms with Crippen LogP contribution in [0.4, 0.5) is 28.1 Å². The molecule has 0 spiro atoms. The number of aromatic nitrogens is 4. The molecule has 35 heavy (non-hydrogen) atoms. The van der Waals surface area contributed by atoms with Gasteiger partial charge in [-0.05, 0) is 25.0 Å². The van der Waals surface area contributed by atoms with E-state index in [0.29, 0.717) is 71.4 Å². The molecule has 6 rings (SSSR count). The summed E-state index contributed by atoms with van der Waals surface area (Å²) in [5.41, 5.74) is 2.22. The molecular weight excluding hydrogens is 472 g/mol. The summed E-state index contributed by atoms with van der Waals surface area (Å²) in [5, 5.41) is 30.2. The maximum absolute atomic E-state index is 11.9. The first kappa shape index (κ1) is 21.3. The van der Waals surface area contributed by atoms with Gasteiger partial charge in [0.25, 0.3) is 0 Å². The summed E-state index contributed by atoms with van der Waals surface area (Å²) in [6.45, 7) is 1.93. The number of benzene rings is 1. The first-order valence-corrected chi connectivity index (χ1v) is 11.5. The van der Waals surface area contributed by atoms with Gasteiger partial charge in [-0.15, -0.1) is 0 Å². The van der Waals surface area contributed by atoms with Gasteiger partial charge in [0.15, 0.2) is 5.65 Å². The molecule has 2 N–H and O–H groups in total. The number of hydrogen-bond acceptors (Lipinski definition) is 10. The molecular formula is C22H19ClN10O2. The number of nitrogens with one attached hydrogen (secondary N) is 2. The molecule has 1 atom stereocenters. The Bertz CT molecular complexity index is 1440. The van der Waals surface area contributed by atoms with Gasteiger partial charge in [0.2, 0.25) is 11.9 Å². The smallest absolute Gasteiger partial charge is 0.410 e. The molecule has 0 radical (unpaired) electrons. The molecule has 12 nitrogen and oxygen atoms in total. The summed E-state index contributed by atoms with van der Waals surface area (Å²) < 4.78 is 6.67. The van der Waals surface area contributed by atoms with Crippen LogP contribution in [0, 0.1) is 22.7 Å². The van der Waals surface area contributed by atoms with E-state index < -0.39 is 0 Å². The Balaban J connectivity index is 1.36. The van der Waals surface area contributed by atoms with Crippen molar-refractivity contribution >= 4 is 46.6 Å². The maximum Gasteiger partial charge on any atom is 0.410 e. The fourth-order valence-electron chi connectivity index (χ4n) is 4.34. The van der Waals surface area contributed by atoms with E-state index in [9.17, 15) is 15.3 Å². The van der Waals surface area contributed by atoms with Crippen molar-refractivity contribution in [2.75, 3.05) is 41.8 Å². The van der Waals surface area contributed by atoms with E-state index in [-0.39, 0.29) is 18.1 Å². The van der Waals surface area contributed by atoms with Crippen LogP contribution in [0.1, 0.15) is 24.0 Å². The third-order valence-corrected chi connectivity index (χ3v) is 6.68. The number of ether oxygens (including phenoxy) is 1. The van der Waals surface area contributed by atoms with Crippen molar-refractivity contribution in [1.82, 2.24) is 24.5 Å². The highest BCUT2D eigenvalue weighted by atomic mass is 35.5. The molecule has 2 aromatic heterocycles. The van der Waals surface area contributed by atoms with E-state index in [0.717, 1.165) is 12.8 Å². The van der Waals surface area contributed by atoms with Gasteiger partial charge < -0.3 is 20.3 Å². The largest absolute Gasteiger partial charge is 0.447 e. The van der Waals surface area contributed by atoms with Crippen LogP contribution in [-0.2, 0) is 4.74 Å². The molecule has 4 heterocycles. The topological polar surface area (TPSA) is 148 Å². The van der Waals surface area contributed by atoms with Crippen molar-refractivity contribution in [1.29, 1.82) is 10.5 Å². The Kier molecular flexibility index (Phi) is 4.97. The summed E-state index contributed by atoms with van der Waals surface area (Å²) in [5.74, 6) is 0.691. The minimum Gasteiger partial charge on any atom is -0.447 e. The van der Waals surface area contributed by atoms with Gasteiger partial charge in [0.1, 0.15) is 18.2 Å². The summed E-state index contributed by atoms with van der Waals surface area (Å²) in [6, 6.07) is 7.88. The van der Waals surface area contributed by atoms with Crippen LogP contribution in [0.5, 0.6) is 0 Å². The number of carbonyl (C=O) groups is 1. The molecule has 2 aliphatic heterocycles. The van der Waals surface area contributed by atoms with Crippen molar-refractivity contribution in [3.05, 3.63) is 34.5 Å². The van der Waals surface area contributed by atoms with E-state index >= 15 is 0 Å². The SMILES string of the molecule is N#Cc1cc(Nc2nc(NC3CC3)n3ncc(C#N)c3n2)c(Cl)c(N2CCN3C(=O)OC[C@H]3C2)c1. The molecule has 3 aromatic rings. The molecule has 3 aliphatic rings. The van der Waals surface area contributed by atoms with Gasteiger partial charge in [-0.25, -0.2) is 4.79 Å². The van der Waals surface area contributed by atoms with E-state index in [1.54, 1.807) is 17.0 Å². The normalized spacial score (nSPS) is 19.2. The van der Waals surface area contributed by atoms with E-state index in [1.807, 2.05) is 4.90 Å². The fraction of sp³-hybridized carbons (Fsp3) is 0.364. The lowest BCUT2D eigenvalue weighted by Crippen LogP contribution is -2.52. The minimum atomic E-state index is -0.298. The average molecular weight is 491 g/mol. The molecule has 0 bridgehead atoms. The Morgan fingerprint density at radius 2 is 2.03 bits per heavy atom. The Labute approximate surface area is 204 Å². The van der Waals surface area contributed by atoms with Gasteiger partial charge in [-0.1, -0.05) is 11.6 Å². The predicted octanol–water partition coefficient (Wildman–Crippen LogP) is 2.48. The van der Waals surface area contributed by atoms with Gasteiger partial charge in [-0.2, -0.15) is 30.1 Å². The van der Waals surface area contributed by atoms with Crippen LogP contribution >= 0.6 is 11.6 Å². The second-order valence-electron chi connectivity index (χ2n) is 8.66. The zero-order valence-corrected chi connectivity index (χ0v) is 19.2. The molecule has 0 unspecified atom stereocenters. The predicted molar refractivity (Wildman–Crippen MR) is 126 cm³/mol. The third-order valence-electron chi connectivity index (χ3n) is 6.29. The molecule has 1 amide bonds. The lowest BCUT2D eigenvalue weighted by atomic mass is 10.1. The first-order chi connectivity index (χ1) is 17.0. The zero-order valence-electron chi connectivity index (χ0n) is 18.4. The van der Waals surface area contributed by atoms with E-state index in [2.05, 4.69) is 37.8 Å². The third kappa shape index (κ3) is 3.78. The zero-order chi connectivity index (χ0) is 24.1. The number of nitriles is 2. The molecule has 176 valence electrons. The van der Waals surface area contributed by atoms with E-state index in [1.165, 1.54) is 10.7 Å². The van der Waals surface area contributed by atoms with Crippen LogP contribution in [0.25, 0.3) is 5.65 Å². The van der Waals surface area contributed by atoms with Crippen LogP contribution in [-0.4, -0.2) is 68.9 Å². The number of carbonyl (C=O) groups excluding carboxylic acids is 1. The number of rotatable bonds is 5. The van der Waals surface area contributed by atoms with Crippen LogP contribution in [0.2, 0.25) is 5.02 Å². The molecule has 3 fully saturated rings. The Morgan fingerprint density at radius 1 is 1.17 bits per heavy atom. The number of hydrogen-bond donors (Lipinski definition) is 2. The quantitative estimate of drug-likeness (QED) is 0.546. The molecule has 13 heteroatoms. The number of amides is 1. The summed E-state index contributed by atoms with van der Waals surface area (Å²) >= 11 is 6.82. The van der Waals surface area contributed by atoms with E-state index in [4.69, 9.17) is 16.3 Å². The van der Waals surface area contributed by atoms with Crippen molar-refractivity contribution in [3.8, 4) is 12.1 Å². The lowest BCUT2D eigenvalue weighted by Gasteiger charge is -2.37. The van der Waals surface area contributed by atoms with Gasteiger partial charge in [0, 0.05) is 25.7 Å². The highest BCUT2D eigenvalue weighted by molar-refractivity contribution is 6.36. The van der Waals surface area contributed by atoms with Gasteiger partial charge in [0.05, 0.1) is 40.3 Å². The summed E-state index contributed by atoms with van der Waals surface area (Å²) in [7, 11) is 0. The number of anilines is 4. The summed E-state index contributed by atoms with van der Waals surface area (Å²) in [4.78, 5) is 24.7. The molecule has 1 saturated carbocycles. The standard InChI is InChI=1S/C22H19ClN10O2/c23-18-16(5-12(7-24)6-17(18)31-3-4-32-15(10-31)11-35-22(32)34)28-20-29-19-13(8-25)9-26-33(19)21(30-20)27-14-1-2-14/h5-6,9,14-15H,1-4,10-11H2,(H2,27,28,29,30)/t15-/m1/s1. The second-order valence-corrected chi connectivity index (χ2v) is 9.04. The first-order valence-electron chi connectivity index (χ1n) is 11.2. The fourth-order valence-corrected chi connectivity index (χ4v) is 4.61. The van der Waals surface area contributed by atoms with Gasteiger partial charge >= 0.3 is 6.09 Å². The summed E-state index contributed by atoms with van der Waals surface area (Å²) in [6.07, 6.45) is 3.22. The Morgan fingerprint density at radius 3 is 2.80 bits per heavy atom. The van der Waals surface area contributed by atoms with Crippen molar-refractivity contribution in [3.63, 3.8) is 0 Å². The second kappa shape index (κ2) is 8.18.